The number of anilines is 1. The summed E-state index contributed by atoms with van der Waals surface area (Å²) in [6, 6.07) is 5.55. The normalized spacial score (nSPS) is 15.4. The lowest BCUT2D eigenvalue weighted by Crippen LogP contribution is -2.51. The number of hydrogen-bond acceptors (Lipinski definition) is 4. The summed E-state index contributed by atoms with van der Waals surface area (Å²) in [6.45, 7) is 11.7. The van der Waals surface area contributed by atoms with Crippen molar-refractivity contribution in [3.63, 3.8) is 0 Å². The monoisotopic (exact) mass is 440 g/mol. The first-order valence-electron chi connectivity index (χ1n) is 9.15. The third kappa shape index (κ3) is 7.38. The molecule has 2 rings (SSSR count). The lowest BCUT2D eigenvalue weighted by atomic mass is 10.2. The van der Waals surface area contributed by atoms with Gasteiger partial charge in [-0.1, -0.05) is 22.0 Å². The number of carbonyl (C=O) groups excluding carboxylic acids is 2. The van der Waals surface area contributed by atoms with Gasteiger partial charge in [0.1, 0.15) is 5.60 Å². The molecule has 27 heavy (non-hydrogen) atoms. The molecule has 1 heterocycles. The maximum absolute atomic E-state index is 12.1. The zero-order valence-corrected chi connectivity index (χ0v) is 18.1. The zero-order chi connectivity index (χ0) is 20.0. The molecule has 1 aliphatic rings. The topological polar surface area (TPSA) is 73.9 Å². The highest BCUT2D eigenvalue weighted by molar-refractivity contribution is 9.10. The van der Waals surface area contributed by atoms with E-state index in [9.17, 15) is 9.59 Å². The smallest absolute Gasteiger partial charge is 0.410 e. The maximum atomic E-state index is 12.1. The van der Waals surface area contributed by atoms with E-state index in [2.05, 4.69) is 31.5 Å². The fourth-order valence-electron chi connectivity index (χ4n) is 2.70. The van der Waals surface area contributed by atoms with Crippen LogP contribution in [0.25, 0.3) is 0 Å². The van der Waals surface area contributed by atoms with E-state index in [0.717, 1.165) is 35.4 Å². The number of carbonyl (C=O) groups is 2. The second-order valence-electron chi connectivity index (χ2n) is 7.65. The Morgan fingerprint density at radius 2 is 1.85 bits per heavy atom. The molecular weight excluding hydrogens is 412 g/mol. The Hall–Kier alpha value is -1.80. The molecule has 7 nitrogen and oxygen atoms in total. The number of urea groups is 1. The summed E-state index contributed by atoms with van der Waals surface area (Å²) < 4.78 is 6.32. The number of nitrogens with one attached hydrogen (secondary N) is 2. The van der Waals surface area contributed by atoms with Crippen molar-refractivity contribution < 1.29 is 14.3 Å². The minimum atomic E-state index is -0.474. The van der Waals surface area contributed by atoms with Crippen LogP contribution in [-0.4, -0.2) is 66.8 Å². The number of benzene rings is 1. The molecule has 8 heteroatoms. The Morgan fingerprint density at radius 1 is 1.19 bits per heavy atom. The summed E-state index contributed by atoms with van der Waals surface area (Å²) >= 11 is 3.41. The highest BCUT2D eigenvalue weighted by Crippen LogP contribution is 2.20. The Bertz CT molecular complexity index is 667. The molecule has 1 aromatic carbocycles. The predicted octanol–water partition coefficient (Wildman–Crippen LogP) is 3.43. The molecule has 1 aromatic rings. The number of hydrogen-bond donors (Lipinski definition) is 2. The molecule has 0 saturated carbocycles. The van der Waals surface area contributed by atoms with Crippen LogP contribution >= 0.6 is 15.9 Å². The van der Waals surface area contributed by atoms with Crippen molar-refractivity contribution in [2.24, 2.45) is 0 Å². The maximum Gasteiger partial charge on any atom is 0.410 e. The standard InChI is InChI=1S/C19H29BrN4O3/c1-14-5-6-15(20)13-16(14)22-17(25)21-7-8-23-9-11-24(12-10-23)18(26)27-19(2,3)4/h5-6,13H,7-12H2,1-4H3,(H2,21,22,25). The Morgan fingerprint density at radius 3 is 2.48 bits per heavy atom. The first-order valence-corrected chi connectivity index (χ1v) is 9.94. The quantitative estimate of drug-likeness (QED) is 0.751. The van der Waals surface area contributed by atoms with Gasteiger partial charge in [-0.15, -0.1) is 0 Å². The van der Waals surface area contributed by atoms with Gasteiger partial charge in [-0.2, -0.15) is 0 Å². The van der Waals surface area contributed by atoms with Crippen LogP contribution in [-0.2, 0) is 4.74 Å². The summed E-state index contributed by atoms with van der Waals surface area (Å²) in [4.78, 5) is 28.1. The molecule has 0 bridgehead atoms. The van der Waals surface area contributed by atoms with Gasteiger partial charge in [-0.3, -0.25) is 4.90 Å². The summed E-state index contributed by atoms with van der Waals surface area (Å²) in [6.07, 6.45) is -0.260. The molecule has 3 amide bonds. The van der Waals surface area contributed by atoms with Gasteiger partial charge in [0.2, 0.25) is 0 Å². The largest absolute Gasteiger partial charge is 0.444 e. The number of aryl methyl sites for hydroxylation is 1. The van der Waals surface area contributed by atoms with E-state index in [1.54, 1.807) is 4.90 Å². The van der Waals surface area contributed by atoms with Crippen LogP contribution in [0, 0.1) is 6.92 Å². The summed E-state index contributed by atoms with van der Waals surface area (Å²) in [5.41, 5.74) is 1.32. The molecular formula is C19H29BrN4O3. The summed E-state index contributed by atoms with van der Waals surface area (Å²) in [5, 5.41) is 5.74. The van der Waals surface area contributed by atoms with Gasteiger partial charge >= 0.3 is 12.1 Å². The van der Waals surface area contributed by atoms with Gasteiger partial charge in [0.05, 0.1) is 0 Å². The fourth-order valence-corrected chi connectivity index (χ4v) is 3.06. The van der Waals surface area contributed by atoms with Crippen LogP contribution in [0.4, 0.5) is 15.3 Å². The Balaban J connectivity index is 1.67. The lowest BCUT2D eigenvalue weighted by Gasteiger charge is -2.35. The van der Waals surface area contributed by atoms with Gasteiger partial charge < -0.3 is 20.3 Å². The number of nitrogens with zero attached hydrogens (tertiary/aromatic N) is 2. The van der Waals surface area contributed by atoms with E-state index in [0.29, 0.717) is 19.6 Å². The van der Waals surface area contributed by atoms with Gasteiger partial charge in [-0.05, 0) is 45.4 Å². The molecule has 1 fully saturated rings. The van der Waals surface area contributed by atoms with E-state index >= 15 is 0 Å². The van der Waals surface area contributed by atoms with Crippen LogP contribution < -0.4 is 10.6 Å². The highest BCUT2D eigenvalue weighted by atomic mass is 79.9. The SMILES string of the molecule is Cc1ccc(Br)cc1NC(=O)NCCN1CCN(C(=O)OC(C)(C)C)CC1. The minimum absolute atomic E-state index is 0.219. The van der Waals surface area contributed by atoms with Crippen molar-refractivity contribution in [2.75, 3.05) is 44.6 Å². The predicted molar refractivity (Wildman–Crippen MR) is 110 cm³/mol. The van der Waals surface area contributed by atoms with E-state index < -0.39 is 5.60 Å². The van der Waals surface area contributed by atoms with E-state index in [1.807, 2.05) is 45.9 Å². The number of rotatable bonds is 4. The van der Waals surface area contributed by atoms with Crippen LogP contribution in [0.1, 0.15) is 26.3 Å². The van der Waals surface area contributed by atoms with Crippen LogP contribution in [0.3, 0.4) is 0 Å². The van der Waals surface area contributed by atoms with Crippen LogP contribution in [0.15, 0.2) is 22.7 Å². The number of ether oxygens (including phenoxy) is 1. The molecule has 0 atom stereocenters. The number of amides is 3. The number of piperazine rings is 1. The van der Waals surface area contributed by atoms with Gasteiger partial charge in [0.25, 0.3) is 0 Å². The van der Waals surface area contributed by atoms with E-state index in [-0.39, 0.29) is 12.1 Å². The highest BCUT2D eigenvalue weighted by Gasteiger charge is 2.25. The molecule has 1 aliphatic heterocycles. The molecule has 1 saturated heterocycles. The average Bonchev–Trinajstić information content (AvgIpc) is 2.57. The van der Waals surface area contributed by atoms with Gasteiger partial charge in [0.15, 0.2) is 0 Å². The molecule has 0 aromatic heterocycles. The van der Waals surface area contributed by atoms with Crippen molar-refractivity contribution in [3.05, 3.63) is 28.2 Å². The summed E-state index contributed by atoms with van der Waals surface area (Å²) in [5.74, 6) is 0. The minimum Gasteiger partial charge on any atom is -0.444 e. The second kappa shape index (κ2) is 9.41. The summed E-state index contributed by atoms with van der Waals surface area (Å²) in [7, 11) is 0. The van der Waals surface area contributed by atoms with Crippen LogP contribution in [0.2, 0.25) is 0 Å². The first kappa shape index (κ1) is 21.5. The van der Waals surface area contributed by atoms with Crippen molar-refractivity contribution in [1.29, 1.82) is 0 Å². The molecule has 0 aliphatic carbocycles. The van der Waals surface area contributed by atoms with Gasteiger partial charge in [0, 0.05) is 49.4 Å². The molecule has 150 valence electrons. The average molecular weight is 441 g/mol. The molecule has 0 unspecified atom stereocenters. The van der Waals surface area contributed by atoms with Crippen molar-refractivity contribution in [3.8, 4) is 0 Å². The molecule has 0 radical (unpaired) electrons. The second-order valence-corrected chi connectivity index (χ2v) is 8.56. The van der Waals surface area contributed by atoms with Crippen LogP contribution in [0.5, 0.6) is 0 Å². The fraction of sp³-hybridized carbons (Fsp3) is 0.579. The van der Waals surface area contributed by atoms with E-state index in [1.165, 1.54) is 0 Å². The van der Waals surface area contributed by atoms with Crippen molar-refractivity contribution in [2.45, 2.75) is 33.3 Å². The Labute approximate surface area is 169 Å². The first-order chi connectivity index (χ1) is 12.6. The zero-order valence-electron chi connectivity index (χ0n) is 16.5. The lowest BCUT2D eigenvalue weighted by molar-refractivity contribution is 0.0147. The number of halogens is 1. The third-order valence-corrected chi connectivity index (χ3v) is 4.68. The molecule has 2 N–H and O–H groups in total. The van der Waals surface area contributed by atoms with Crippen molar-refractivity contribution in [1.82, 2.24) is 15.1 Å². The van der Waals surface area contributed by atoms with Crippen molar-refractivity contribution >= 4 is 33.7 Å². The third-order valence-electron chi connectivity index (χ3n) is 4.19. The molecule has 0 spiro atoms. The van der Waals surface area contributed by atoms with Gasteiger partial charge in [-0.25, -0.2) is 9.59 Å². The van der Waals surface area contributed by atoms with E-state index in [4.69, 9.17) is 4.74 Å². The Kier molecular flexibility index (Phi) is 7.49.